The van der Waals surface area contributed by atoms with Crippen molar-refractivity contribution in [1.82, 2.24) is 10.2 Å². The Hall–Kier alpha value is -0.610. The highest BCUT2D eigenvalue weighted by Gasteiger charge is 2.32. The minimum absolute atomic E-state index is 0.0192. The maximum absolute atomic E-state index is 12.0. The molecule has 0 radical (unpaired) electrons. The Morgan fingerprint density at radius 1 is 1.47 bits per heavy atom. The lowest BCUT2D eigenvalue weighted by Gasteiger charge is -2.32. The van der Waals surface area contributed by atoms with E-state index in [0.717, 1.165) is 38.9 Å². The molecule has 3 unspecified atom stereocenters. The molecule has 4 nitrogen and oxygen atoms in total. The van der Waals surface area contributed by atoms with Gasteiger partial charge in [0.25, 0.3) is 0 Å². The fourth-order valence-corrected chi connectivity index (χ4v) is 2.41. The van der Waals surface area contributed by atoms with E-state index >= 15 is 0 Å². The van der Waals surface area contributed by atoms with Crippen molar-refractivity contribution in [2.45, 2.75) is 39.2 Å². The lowest BCUT2D eigenvalue weighted by Crippen LogP contribution is -2.48. The molecule has 4 heteroatoms. The van der Waals surface area contributed by atoms with Crippen molar-refractivity contribution >= 4 is 5.91 Å². The number of hydrogen-bond acceptors (Lipinski definition) is 3. The average Bonchev–Trinajstić information content (AvgIpc) is 2.32. The number of nitrogens with one attached hydrogen (secondary N) is 1. The summed E-state index contributed by atoms with van der Waals surface area (Å²) in [5.74, 6) is 0.636. The Morgan fingerprint density at radius 3 is 2.82 bits per heavy atom. The zero-order valence-corrected chi connectivity index (χ0v) is 11.4. The SMILES string of the molecule is CCN(C)CCNC(=O)C1CCCC(C)C1N. The first kappa shape index (κ1) is 14.5. The molecule has 100 valence electrons. The molecule has 0 aromatic rings. The summed E-state index contributed by atoms with van der Waals surface area (Å²) in [6.45, 7) is 6.89. The smallest absolute Gasteiger partial charge is 0.224 e. The highest BCUT2D eigenvalue weighted by atomic mass is 16.1. The van der Waals surface area contributed by atoms with Crippen molar-refractivity contribution < 1.29 is 4.79 Å². The lowest BCUT2D eigenvalue weighted by molar-refractivity contribution is -0.127. The molecular weight excluding hydrogens is 214 g/mol. The first-order chi connectivity index (χ1) is 8.06. The van der Waals surface area contributed by atoms with Gasteiger partial charge in [0.1, 0.15) is 0 Å². The van der Waals surface area contributed by atoms with Gasteiger partial charge < -0.3 is 16.0 Å². The third kappa shape index (κ3) is 4.28. The predicted octanol–water partition coefficient (Wildman–Crippen LogP) is 0.818. The van der Waals surface area contributed by atoms with Crippen LogP contribution in [0, 0.1) is 11.8 Å². The van der Waals surface area contributed by atoms with E-state index in [0.29, 0.717) is 5.92 Å². The molecule has 0 aromatic heterocycles. The van der Waals surface area contributed by atoms with Gasteiger partial charge in [0.05, 0.1) is 5.92 Å². The summed E-state index contributed by atoms with van der Waals surface area (Å²) >= 11 is 0. The molecule has 1 fully saturated rings. The van der Waals surface area contributed by atoms with Crippen LogP contribution < -0.4 is 11.1 Å². The lowest BCUT2D eigenvalue weighted by atomic mass is 9.78. The molecule has 0 spiro atoms. The van der Waals surface area contributed by atoms with Crippen LogP contribution in [-0.4, -0.2) is 43.5 Å². The second kappa shape index (κ2) is 6.97. The van der Waals surface area contributed by atoms with E-state index in [-0.39, 0.29) is 17.9 Å². The summed E-state index contributed by atoms with van der Waals surface area (Å²) < 4.78 is 0. The van der Waals surface area contributed by atoms with Gasteiger partial charge in [-0.1, -0.05) is 20.3 Å². The maximum atomic E-state index is 12.0. The Bertz CT molecular complexity index is 245. The normalized spacial score (nSPS) is 29.4. The zero-order valence-electron chi connectivity index (χ0n) is 11.4. The van der Waals surface area contributed by atoms with Gasteiger partial charge in [-0.25, -0.2) is 0 Å². The van der Waals surface area contributed by atoms with Crippen molar-refractivity contribution in [2.75, 3.05) is 26.7 Å². The summed E-state index contributed by atoms with van der Waals surface area (Å²) in [5.41, 5.74) is 6.11. The van der Waals surface area contributed by atoms with Gasteiger partial charge in [-0.05, 0) is 32.4 Å². The molecule has 3 atom stereocenters. The monoisotopic (exact) mass is 241 g/mol. The van der Waals surface area contributed by atoms with Crippen LogP contribution in [-0.2, 0) is 4.79 Å². The first-order valence-corrected chi connectivity index (χ1v) is 6.78. The fraction of sp³-hybridized carbons (Fsp3) is 0.923. The van der Waals surface area contributed by atoms with Crippen LogP contribution in [0.3, 0.4) is 0 Å². The molecule has 0 heterocycles. The highest BCUT2D eigenvalue weighted by Crippen LogP contribution is 2.27. The minimum Gasteiger partial charge on any atom is -0.355 e. The summed E-state index contributed by atoms with van der Waals surface area (Å²) in [7, 11) is 2.06. The number of likely N-dealkylation sites (N-methyl/N-ethyl adjacent to an activating group) is 1. The number of nitrogens with two attached hydrogens (primary N) is 1. The summed E-state index contributed by atoms with van der Waals surface area (Å²) in [4.78, 5) is 14.2. The Kier molecular flexibility index (Phi) is 5.92. The van der Waals surface area contributed by atoms with Gasteiger partial charge in [-0.15, -0.1) is 0 Å². The third-order valence-corrected chi connectivity index (χ3v) is 3.97. The quantitative estimate of drug-likeness (QED) is 0.749. The van der Waals surface area contributed by atoms with Crippen LogP contribution in [0.5, 0.6) is 0 Å². The number of nitrogens with zero attached hydrogens (tertiary/aromatic N) is 1. The molecule has 0 saturated heterocycles. The topological polar surface area (TPSA) is 58.4 Å². The number of carbonyl (C=O) groups is 1. The largest absolute Gasteiger partial charge is 0.355 e. The fourth-order valence-electron chi connectivity index (χ4n) is 2.41. The number of rotatable bonds is 5. The van der Waals surface area contributed by atoms with Crippen molar-refractivity contribution in [3.8, 4) is 0 Å². The van der Waals surface area contributed by atoms with Gasteiger partial charge in [-0.2, -0.15) is 0 Å². The zero-order chi connectivity index (χ0) is 12.8. The van der Waals surface area contributed by atoms with Crippen molar-refractivity contribution in [2.24, 2.45) is 17.6 Å². The first-order valence-electron chi connectivity index (χ1n) is 6.78. The van der Waals surface area contributed by atoms with Crippen LogP contribution in [0.4, 0.5) is 0 Å². The van der Waals surface area contributed by atoms with Crippen LogP contribution in [0.25, 0.3) is 0 Å². The van der Waals surface area contributed by atoms with E-state index < -0.39 is 0 Å². The molecule has 3 N–H and O–H groups in total. The number of amides is 1. The molecule has 0 bridgehead atoms. The molecule has 1 rings (SSSR count). The summed E-state index contributed by atoms with van der Waals surface area (Å²) in [5, 5.41) is 3.01. The van der Waals surface area contributed by atoms with Crippen molar-refractivity contribution in [3.05, 3.63) is 0 Å². The minimum atomic E-state index is 0.0192. The van der Waals surface area contributed by atoms with Gasteiger partial charge in [0.2, 0.25) is 5.91 Å². The van der Waals surface area contributed by atoms with Crippen LogP contribution in [0.15, 0.2) is 0 Å². The van der Waals surface area contributed by atoms with E-state index in [1.54, 1.807) is 0 Å². The second-order valence-corrected chi connectivity index (χ2v) is 5.28. The molecule has 1 saturated carbocycles. The summed E-state index contributed by atoms with van der Waals surface area (Å²) in [6, 6.07) is 0.0349. The van der Waals surface area contributed by atoms with E-state index in [9.17, 15) is 4.79 Å². The molecule has 1 amide bonds. The van der Waals surface area contributed by atoms with Gasteiger partial charge in [0.15, 0.2) is 0 Å². The standard InChI is InChI=1S/C13H27N3O/c1-4-16(3)9-8-15-13(17)11-7-5-6-10(2)12(11)14/h10-12H,4-9,14H2,1-3H3,(H,15,17). The number of hydrogen-bond donors (Lipinski definition) is 2. The molecule has 1 aliphatic rings. The van der Waals surface area contributed by atoms with Gasteiger partial charge >= 0.3 is 0 Å². The van der Waals surface area contributed by atoms with Crippen LogP contribution >= 0.6 is 0 Å². The van der Waals surface area contributed by atoms with Crippen molar-refractivity contribution in [3.63, 3.8) is 0 Å². The van der Waals surface area contributed by atoms with Crippen LogP contribution in [0.1, 0.15) is 33.1 Å². The second-order valence-electron chi connectivity index (χ2n) is 5.28. The van der Waals surface area contributed by atoms with E-state index in [4.69, 9.17) is 5.73 Å². The number of carbonyl (C=O) groups excluding carboxylic acids is 1. The molecule has 0 aliphatic heterocycles. The molecule has 1 aliphatic carbocycles. The molecular formula is C13H27N3O. The molecule has 17 heavy (non-hydrogen) atoms. The van der Waals surface area contributed by atoms with Crippen LogP contribution in [0.2, 0.25) is 0 Å². The Balaban J connectivity index is 2.31. The van der Waals surface area contributed by atoms with E-state index in [1.807, 2.05) is 0 Å². The predicted molar refractivity (Wildman–Crippen MR) is 70.7 cm³/mol. The van der Waals surface area contributed by atoms with Crippen molar-refractivity contribution in [1.29, 1.82) is 0 Å². The van der Waals surface area contributed by atoms with Gasteiger partial charge in [-0.3, -0.25) is 4.79 Å². The summed E-state index contributed by atoms with van der Waals surface area (Å²) in [6.07, 6.45) is 3.23. The van der Waals surface area contributed by atoms with E-state index in [1.165, 1.54) is 0 Å². The van der Waals surface area contributed by atoms with E-state index in [2.05, 4.69) is 31.1 Å². The Morgan fingerprint density at radius 2 is 2.18 bits per heavy atom. The Labute approximate surface area is 105 Å². The van der Waals surface area contributed by atoms with Gasteiger partial charge in [0, 0.05) is 19.1 Å². The maximum Gasteiger partial charge on any atom is 0.224 e. The third-order valence-electron chi connectivity index (χ3n) is 3.97. The average molecular weight is 241 g/mol. The molecule has 0 aromatic carbocycles. The highest BCUT2D eigenvalue weighted by molar-refractivity contribution is 5.79.